The van der Waals surface area contributed by atoms with Crippen LogP contribution in [-0.4, -0.2) is 7.11 Å². The van der Waals surface area contributed by atoms with Gasteiger partial charge in [0.1, 0.15) is 5.75 Å². The van der Waals surface area contributed by atoms with Gasteiger partial charge in [0.15, 0.2) is 0 Å². The summed E-state index contributed by atoms with van der Waals surface area (Å²) in [7, 11) is 1.68. The van der Waals surface area contributed by atoms with Crippen molar-refractivity contribution in [2.45, 2.75) is 18.8 Å². The van der Waals surface area contributed by atoms with Gasteiger partial charge in [-0.1, -0.05) is 30.3 Å². The highest BCUT2D eigenvalue weighted by atomic mass is 16.5. The molecule has 0 fully saturated rings. The molecule has 2 heteroatoms. The van der Waals surface area contributed by atoms with Crippen molar-refractivity contribution in [1.82, 2.24) is 0 Å². The van der Waals surface area contributed by atoms with Gasteiger partial charge in [-0.2, -0.15) is 5.26 Å². The first-order chi connectivity index (χ1) is 9.33. The molecule has 2 aromatic rings. The van der Waals surface area contributed by atoms with Crippen molar-refractivity contribution in [3.8, 4) is 11.8 Å². The number of nitrogens with zero attached hydrogens (tertiary/aromatic N) is 1. The summed E-state index contributed by atoms with van der Waals surface area (Å²) in [4.78, 5) is 0. The van der Waals surface area contributed by atoms with E-state index in [4.69, 9.17) is 4.74 Å². The zero-order valence-corrected chi connectivity index (χ0v) is 10.9. The normalized spacial score (nSPS) is 16.7. The van der Waals surface area contributed by atoms with Crippen LogP contribution in [0, 0.1) is 11.3 Å². The van der Waals surface area contributed by atoms with Crippen molar-refractivity contribution in [2.75, 3.05) is 7.11 Å². The predicted octanol–water partition coefficient (Wildman–Crippen LogP) is 3.45. The largest absolute Gasteiger partial charge is 0.497 e. The molecule has 0 aromatic heterocycles. The summed E-state index contributed by atoms with van der Waals surface area (Å²) in [6, 6.07) is 16.7. The van der Waals surface area contributed by atoms with E-state index in [1.807, 2.05) is 24.3 Å². The van der Waals surface area contributed by atoms with Gasteiger partial charge >= 0.3 is 0 Å². The third kappa shape index (κ3) is 1.98. The molecule has 0 saturated heterocycles. The molecule has 0 aliphatic heterocycles. The van der Waals surface area contributed by atoms with Crippen molar-refractivity contribution in [3.63, 3.8) is 0 Å². The number of benzene rings is 2. The molecule has 0 amide bonds. The number of ether oxygens (including phenoxy) is 1. The first kappa shape index (κ1) is 11.8. The molecule has 0 unspecified atom stereocenters. The first-order valence-corrected chi connectivity index (χ1v) is 6.47. The number of methoxy groups -OCH3 is 1. The molecule has 19 heavy (non-hydrogen) atoms. The second-order valence-electron chi connectivity index (χ2n) is 4.83. The van der Waals surface area contributed by atoms with Gasteiger partial charge in [0.05, 0.1) is 19.1 Å². The van der Waals surface area contributed by atoms with E-state index in [-0.39, 0.29) is 5.92 Å². The maximum atomic E-state index is 9.55. The van der Waals surface area contributed by atoms with Crippen LogP contribution in [0.4, 0.5) is 0 Å². The highest BCUT2D eigenvalue weighted by molar-refractivity contribution is 5.50. The Morgan fingerprint density at radius 1 is 1.05 bits per heavy atom. The van der Waals surface area contributed by atoms with E-state index >= 15 is 0 Å². The molecule has 0 bridgehead atoms. The number of fused-ring (bicyclic) bond motifs is 2. The molecule has 94 valence electrons. The Bertz CT molecular complexity index is 655. The molecule has 1 atom stereocenters. The SMILES string of the molecule is COc1ccc2c(c1)CCc1ccccc1[C@H]2C#N. The fourth-order valence-corrected chi connectivity index (χ4v) is 2.83. The monoisotopic (exact) mass is 249 g/mol. The molecule has 0 heterocycles. The smallest absolute Gasteiger partial charge is 0.119 e. The van der Waals surface area contributed by atoms with Gasteiger partial charge in [-0.05, 0) is 47.2 Å². The van der Waals surface area contributed by atoms with Crippen LogP contribution in [0.3, 0.4) is 0 Å². The number of hydrogen-bond donors (Lipinski definition) is 0. The van der Waals surface area contributed by atoms with Crippen LogP contribution in [0.1, 0.15) is 28.2 Å². The van der Waals surface area contributed by atoms with Gasteiger partial charge in [-0.15, -0.1) is 0 Å². The fourth-order valence-electron chi connectivity index (χ4n) is 2.83. The van der Waals surface area contributed by atoms with Gasteiger partial charge in [-0.25, -0.2) is 0 Å². The summed E-state index contributed by atoms with van der Waals surface area (Å²) in [5, 5.41) is 9.55. The van der Waals surface area contributed by atoms with Crippen LogP contribution in [0.5, 0.6) is 5.75 Å². The summed E-state index contributed by atoms with van der Waals surface area (Å²) >= 11 is 0. The summed E-state index contributed by atoms with van der Waals surface area (Å²) in [5.41, 5.74) is 4.77. The second kappa shape index (κ2) is 4.78. The Balaban J connectivity index is 2.17. The van der Waals surface area contributed by atoms with Gasteiger partial charge < -0.3 is 4.74 Å². The third-order valence-electron chi connectivity index (χ3n) is 3.82. The summed E-state index contributed by atoms with van der Waals surface area (Å²) in [6.45, 7) is 0. The first-order valence-electron chi connectivity index (χ1n) is 6.47. The number of nitriles is 1. The lowest BCUT2D eigenvalue weighted by molar-refractivity contribution is 0.414. The predicted molar refractivity (Wildman–Crippen MR) is 74.3 cm³/mol. The molecule has 0 N–H and O–H groups in total. The Labute approximate surface area is 113 Å². The minimum atomic E-state index is -0.167. The van der Waals surface area contributed by atoms with Gasteiger partial charge in [0.2, 0.25) is 0 Å². The molecule has 2 aromatic carbocycles. The second-order valence-corrected chi connectivity index (χ2v) is 4.83. The Kier molecular flexibility index (Phi) is 2.97. The average Bonchev–Trinajstić information content (AvgIpc) is 2.63. The molecule has 2 nitrogen and oxygen atoms in total. The maximum absolute atomic E-state index is 9.55. The van der Waals surface area contributed by atoms with E-state index < -0.39 is 0 Å². The number of aryl methyl sites for hydroxylation is 2. The zero-order chi connectivity index (χ0) is 13.2. The molecule has 1 aliphatic rings. The van der Waals surface area contributed by atoms with Crippen molar-refractivity contribution in [1.29, 1.82) is 5.26 Å². The van der Waals surface area contributed by atoms with Gasteiger partial charge in [0.25, 0.3) is 0 Å². The van der Waals surface area contributed by atoms with E-state index in [1.54, 1.807) is 7.11 Å². The number of hydrogen-bond acceptors (Lipinski definition) is 2. The highest BCUT2D eigenvalue weighted by Gasteiger charge is 2.23. The highest BCUT2D eigenvalue weighted by Crippen LogP contribution is 2.35. The lowest BCUT2D eigenvalue weighted by atomic mass is 9.89. The van der Waals surface area contributed by atoms with Gasteiger partial charge in [0, 0.05) is 0 Å². The van der Waals surface area contributed by atoms with E-state index in [2.05, 4.69) is 24.3 Å². The standard InChI is InChI=1S/C17H15NO/c1-19-14-8-9-16-13(10-14)7-6-12-4-2-3-5-15(12)17(16)11-18/h2-5,8-10,17H,6-7H2,1H3/t17-/m1/s1. The van der Waals surface area contributed by atoms with Crippen LogP contribution in [0.2, 0.25) is 0 Å². The van der Waals surface area contributed by atoms with Crippen LogP contribution in [0.15, 0.2) is 42.5 Å². The van der Waals surface area contributed by atoms with Crippen LogP contribution < -0.4 is 4.74 Å². The summed E-state index contributed by atoms with van der Waals surface area (Å²) in [5.74, 6) is 0.695. The molecule has 0 spiro atoms. The Morgan fingerprint density at radius 2 is 1.79 bits per heavy atom. The van der Waals surface area contributed by atoms with Crippen LogP contribution >= 0.6 is 0 Å². The Morgan fingerprint density at radius 3 is 2.58 bits per heavy atom. The Hall–Kier alpha value is -2.27. The molecule has 0 saturated carbocycles. The quantitative estimate of drug-likeness (QED) is 0.775. The molecule has 3 rings (SSSR count). The number of rotatable bonds is 1. The van der Waals surface area contributed by atoms with E-state index in [9.17, 15) is 5.26 Å². The minimum Gasteiger partial charge on any atom is -0.497 e. The van der Waals surface area contributed by atoms with Gasteiger partial charge in [-0.3, -0.25) is 0 Å². The molecule has 0 radical (unpaired) electrons. The van der Waals surface area contributed by atoms with E-state index in [0.717, 1.165) is 29.7 Å². The van der Waals surface area contributed by atoms with Crippen molar-refractivity contribution >= 4 is 0 Å². The molecule has 1 aliphatic carbocycles. The molecular weight excluding hydrogens is 234 g/mol. The van der Waals surface area contributed by atoms with E-state index in [0.29, 0.717) is 0 Å². The van der Waals surface area contributed by atoms with Crippen molar-refractivity contribution in [3.05, 3.63) is 64.7 Å². The minimum absolute atomic E-state index is 0.167. The zero-order valence-electron chi connectivity index (χ0n) is 10.9. The summed E-state index contributed by atoms with van der Waals surface area (Å²) in [6.07, 6.45) is 1.94. The van der Waals surface area contributed by atoms with Crippen LogP contribution in [-0.2, 0) is 12.8 Å². The maximum Gasteiger partial charge on any atom is 0.119 e. The molecular formula is C17H15NO. The van der Waals surface area contributed by atoms with Crippen molar-refractivity contribution < 1.29 is 4.74 Å². The summed E-state index contributed by atoms with van der Waals surface area (Å²) < 4.78 is 5.28. The van der Waals surface area contributed by atoms with E-state index in [1.165, 1.54) is 11.1 Å². The lowest BCUT2D eigenvalue weighted by Crippen LogP contribution is -2.01. The average molecular weight is 249 g/mol. The lowest BCUT2D eigenvalue weighted by Gasteiger charge is -2.13. The fraction of sp³-hybridized carbons (Fsp3) is 0.235. The van der Waals surface area contributed by atoms with Crippen molar-refractivity contribution in [2.24, 2.45) is 0 Å². The topological polar surface area (TPSA) is 33.0 Å². The van der Waals surface area contributed by atoms with Crippen LogP contribution in [0.25, 0.3) is 0 Å². The third-order valence-corrected chi connectivity index (χ3v) is 3.82.